The number of barbiturate groups is 1. The van der Waals surface area contributed by atoms with Gasteiger partial charge in [-0.15, -0.1) is 0 Å². The van der Waals surface area contributed by atoms with Gasteiger partial charge in [-0.3, -0.25) is 19.8 Å². The number of phenolic OH excluding ortho intramolecular Hbond substituents is 1. The van der Waals surface area contributed by atoms with E-state index in [9.17, 15) is 23.9 Å². The number of imide groups is 2. The Morgan fingerprint density at radius 3 is 2.35 bits per heavy atom. The number of aromatic hydroxyl groups is 1. The largest absolute Gasteiger partial charge is 0.507 e. The van der Waals surface area contributed by atoms with Crippen molar-refractivity contribution in [3.63, 3.8) is 0 Å². The maximum Gasteiger partial charge on any atom is 0.331 e. The first-order chi connectivity index (χ1) is 14.8. The van der Waals surface area contributed by atoms with E-state index in [0.29, 0.717) is 12.0 Å². The van der Waals surface area contributed by atoms with Gasteiger partial charge in [-0.2, -0.15) is 0 Å². The monoisotopic (exact) mass is 425 g/mol. The van der Waals surface area contributed by atoms with E-state index in [0.717, 1.165) is 29.2 Å². The van der Waals surface area contributed by atoms with Gasteiger partial charge in [-0.05, 0) is 56.2 Å². The summed E-state index contributed by atoms with van der Waals surface area (Å²) in [5.41, 5.74) is 1.61. The van der Waals surface area contributed by atoms with Crippen molar-refractivity contribution in [2.45, 2.75) is 20.3 Å². The highest BCUT2D eigenvalue weighted by Crippen LogP contribution is 2.27. The first-order valence-corrected chi connectivity index (χ1v) is 10.0. The number of nitrogens with one attached hydrogen (secondary N) is 1. The number of hydrogen-bond acceptors (Lipinski definition) is 5. The number of nitrogens with zero attached hydrogens (tertiary/aromatic N) is 2. The topological polar surface area (TPSA) is 90.0 Å². The number of rotatable bonds is 7. The summed E-state index contributed by atoms with van der Waals surface area (Å²) in [4.78, 5) is 40.3. The molecule has 0 radical (unpaired) electrons. The fraction of sp³-hybridized carbons (Fsp3) is 0.261. The summed E-state index contributed by atoms with van der Waals surface area (Å²) < 4.78 is 13.1. The predicted octanol–water partition coefficient (Wildman–Crippen LogP) is 3.08. The molecule has 3 rings (SSSR count). The average Bonchev–Trinajstić information content (AvgIpc) is 2.74. The lowest BCUT2D eigenvalue weighted by Crippen LogP contribution is -2.54. The quantitative estimate of drug-likeness (QED) is 0.526. The van der Waals surface area contributed by atoms with Gasteiger partial charge in [0.15, 0.2) is 0 Å². The molecule has 1 aliphatic rings. The molecule has 2 aromatic rings. The Bertz CT molecular complexity index is 1030. The standard InChI is InChI=1S/C23H24FN3O4/c1-3-26(4-2)18-10-7-16(20(28)14-18)13-19-21(29)25-23(31)27(22(19)30)12-11-15-5-8-17(24)9-6-15/h5-10,13-14,28H,3-4,11-12H2,1-2H3,(H,25,29,31). The van der Waals surface area contributed by atoms with E-state index in [1.54, 1.807) is 30.3 Å². The van der Waals surface area contributed by atoms with Crippen LogP contribution < -0.4 is 10.2 Å². The molecule has 0 aromatic heterocycles. The molecule has 31 heavy (non-hydrogen) atoms. The van der Waals surface area contributed by atoms with Gasteiger partial charge in [0.05, 0.1) is 0 Å². The Morgan fingerprint density at radius 2 is 1.74 bits per heavy atom. The number of hydrogen-bond donors (Lipinski definition) is 2. The van der Waals surface area contributed by atoms with Crippen LogP contribution in [-0.2, 0) is 16.0 Å². The molecule has 1 fully saturated rings. The van der Waals surface area contributed by atoms with Crippen LogP contribution in [-0.4, -0.2) is 47.5 Å². The number of carbonyl (C=O) groups excluding carboxylic acids is 3. The lowest BCUT2D eigenvalue weighted by atomic mass is 10.0. The molecule has 162 valence electrons. The second-order valence-corrected chi connectivity index (χ2v) is 7.07. The summed E-state index contributed by atoms with van der Waals surface area (Å²) in [5.74, 6) is -2.02. The van der Waals surface area contributed by atoms with Crippen LogP contribution >= 0.6 is 0 Å². The minimum Gasteiger partial charge on any atom is -0.507 e. The van der Waals surface area contributed by atoms with Gasteiger partial charge in [-0.25, -0.2) is 9.18 Å². The Labute approximate surface area is 179 Å². The molecular formula is C23H24FN3O4. The SMILES string of the molecule is CCN(CC)c1ccc(C=C2C(=O)NC(=O)N(CCc3ccc(F)cc3)C2=O)c(O)c1. The smallest absolute Gasteiger partial charge is 0.331 e. The Morgan fingerprint density at radius 1 is 1.06 bits per heavy atom. The van der Waals surface area contributed by atoms with Crippen molar-refractivity contribution in [1.82, 2.24) is 10.2 Å². The molecule has 0 atom stereocenters. The molecule has 0 spiro atoms. The maximum atomic E-state index is 13.1. The summed E-state index contributed by atoms with van der Waals surface area (Å²) >= 11 is 0. The number of amides is 4. The summed E-state index contributed by atoms with van der Waals surface area (Å²) in [6.07, 6.45) is 1.58. The van der Waals surface area contributed by atoms with Crippen LogP contribution in [0.25, 0.3) is 6.08 Å². The van der Waals surface area contributed by atoms with Crippen LogP contribution in [0.15, 0.2) is 48.0 Å². The highest BCUT2D eigenvalue weighted by molar-refractivity contribution is 6.31. The molecular weight excluding hydrogens is 401 g/mol. The number of phenols is 1. The lowest BCUT2D eigenvalue weighted by molar-refractivity contribution is -0.130. The molecule has 7 nitrogen and oxygen atoms in total. The third kappa shape index (κ3) is 4.91. The van der Waals surface area contributed by atoms with Crippen molar-refractivity contribution in [3.05, 3.63) is 65.0 Å². The Kier molecular flexibility index (Phi) is 6.69. The zero-order valence-electron chi connectivity index (χ0n) is 17.4. The first kappa shape index (κ1) is 22.0. The van der Waals surface area contributed by atoms with E-state index in [1.807, 2.05) is 18.7 Å². The van der Waals surface area contributed by atoms with Crippen molar-refractivity contribution in [1.29, 1.82) is 0 Å². The van der Waals surface area contributed by atoms with Crippen LogP contribution in [0.2, 0.25) is 0 Å². The van der Waals surface area contributed by atoms with Crippen LogP contribution in [0.4, 0.5) is 14.9 Å². The molecule has 8 heteroatoms. The number of urea groups is 1. The molecule has 0 saturated carbocycles. The second-order valence-electron chi connectivity index (χ2n) is 7.07. The van der Waals surface area contributed by atoms with Gasteiger partial charge in [0.1, 0.15) is 17.1 Å². The van der Waals surface area contributed by atoms with Crippen LogP contribution in [0, 0.1) is 5.82 Å². The van der Waals surface area contributed by atoms with Gasteiger partial charge >= 0.3 is 6.03 Å². The molecule has 2 aromatic carbocycles. The van der Waals surface area contributed by atoms with Crippen molar-refractivity contribution in [2.24, 2.45) is 0 Å². The summed E-state index contributed by atoms with van der Waals surface area (Å²) in [6.45, 7) is 5.55. The number of anilines is 1. The highest BCUT2D eigenvalue weighted by atomic mass is 19.1. The molecule has 1 saturated heterocycles. The lowest BCUT2D eigenvalue weighted by Gasteiger charge is -2.26. The second kappa shape index (κ2) is 9.42. The predicted molar refractivity (Wildman–Crippen MR) is 115 cm³/mol. The van der Waals surface area contributed by atoms with Crippen molar-refractivity contribution in [2.75, 3.05) is 24.5 Å². The Balaban J connectivity index is 1.82. The van der Waals surface area contributed by atoms with E-state index in [1.165, 1.54) is 18.2 Å². The molecule has 0 unspecified atom stereocenters. The number of benzene rings is 2. The molecule has 1 aliphatic heterocycles. The van der Waals surface area contributed by atoms with E-state index in [4.69, 9.17) is 0 Å². The van der Waals surface area contributed by atoms with Gasteiger partial charge in [0, 0.05) is 37.0 Å². The van der Waals surface area contributed by atoms with Gasteiger partial charge < -0.3 is 10.0 Å². The fourth-order valence-corrected chi connectivity index (χ4v) is 3.38. The normalized spacial score (nSPS) is 15.4. The highest BCUT2D eigenvalue weighted by Gasteiger charge is 2.35. The summed E-state index contributed by atoms with van der Waals surface area (Å²) in [6, 6.07) is 9.91. The van der Waals surface area contributed by atoms with Crippen LogP contribution in [0.5, 0.6) is 5.75 Å². The minimum atomic E-state index is -0.819. The molecule has 0 aliphatic carbocycles. The zero-order valence-corrected chi connectivity index (χ0v) is 17.4. The van der Waals surface area contributed by atoms with Gasteiger partial charge in [-0.1, -0.05) is 12.1 Å². The number of carbonyl (C=O) groups is 3. The third-order valence-corrected chi connectivity index (χ3v) is 5.17. The van der Waals surface area contributed by atoms with Crippen LogP contribution in [0.3, 0.4) is 0 Å². The van der Waals surface area contributed by atoms with E-state index < -0.39 is 17.8 Å². The molecule has 4 amide bonds. The fourth-order valence-electron chi connectivity index (χ4n) is 3.38. The molecule has 0 bridgehead atoms. The van der Waals surface area contributed by atoms with E-state index >= 15 is 0 Å². The van der Waals surface area contributed by atoms with Crippen molar-refractivity contribution in [3.8, 4) is 5.75 Å². The van der Waals surface area contributed by atoms with E-state index in [2.05, 4.69) is 5.32 Å². The van der Waals surface area contributed by atoms with Gasteiger partial charge in [0.2, 0.25) is 0 Å². The van der Waals surface area contributed by atoms with Gasteiger partial charge in [0.25, 0.3) is 11.8 Å². The van der Waals surface area contributed by atoms with Crippen molar-refractivity contribution >= 4 is 29.6 Å². The van der Waals surface area contributed by atoms with Crippen molar-refractivity contribution < 1.29 is 23.9 Å². The molecule has 1 heterocycles. The average molecular weight is 425 g/mol. The summed E-state index contributed by atoms with van der Waals surface area (Å²) in [7, 11) is 0. The third-order valence-electron chi connectivity index (χ3n) is 5.17. The van der Waals surface area contributed by atoms with E-state index in [-0.39, 0.29) is 23.7 Å². The maximum absolute atomic E-state index is 13.1. The first-order valence-electron chi connectivity index (χ1n) is 10.0. The molecule has 2 N–H and O–H groups in total. The number of halogens is 1. The minimum absolute atomic E-state index is 0.0216. The summed E-state index contributed by atoms with van der Waals surface area (Å²) in [5, 5.41) is 12.6. The Hall–Kier alpha value is -3.68. The zero-order chi connectivity index (χ0) is 22.5. The van der Waals surface area contributed by atoms with Crippen LogP contribution in [0.1, 0.15) is 25.0 Å².